The van der Waals surface area contributed by atoms with Gasteiger partial charge in [-0.25, -0.2) is 24.0 Å². The molecular formula is C16H16F3N5O. The lowest BCUT2D eigenvalue weighted by Crippen LogP contribution is -2.50. The zero-order valence-corrected chi connectivity index (χ0v) is 12.9. The Labute approximate surface area is 141 Å². The maximum absolute atomic E-state index is 13.7. The largest absolute Gasteiger partial charge is 0.365 e. The number of hydrogen-bond donors (Lipinski definition) is 5. The number of rotatable bonds is 5. The molecule has 0 saturated carbocycles. The van der Waals surface area contributed by atoms with Crippen LogP contribution in [0.3, 0.4) is 0 Å². The van der Waals surface area contributed by atoms with E-state index >= 15 is 0 Å². The summed E-state index contributed by atoms with van der Waals surface area (Å²) >= 11 is 0. The lowest BCUT2D eigenvalue weighted by atomic mass is 10.1. The van der Waals surface area contributed by atoms with Gasteiger partial charge < -0.3 is 10.6 Å². The molecule has 0 radical (unpaired) electrons. The number of halogens is 3. The zero-order valence-electron chi connectivity index (χ0n) is 12.9. The van der Waals surface area contributed by atoms with E-state index in [9.17, 15) is 18.0 Å². The predicted octanol–water partition coefficient (Wildman–Crippen LogP) is 1.14. The van der Waals surface area contributed by atoms with Crippen LogP contribution < -0.4 is 27.0 Å². The second-order valence-corrected chi connectivity index (χ2v) is 5.45. The van der Waals surface area contributed by atoms with E-state index in [1.165, 1.54) is 18.2 Å². The van der Waals surface area contributed by atoms with Crippen LogP contribution >= 0.6 is 0 Å². The molecule has 5 N–H and O–H groups in total. The average molecular weight is 351 g/mol. The molecule has 2 atom stereocenters. The molecule has 1 aliphatic heterocycles. The van der Waals surface area contributed by atoms with Gasteiger partial charge >= 0.3 is 0 Å². The lowest BCUT2D eigenvalue weighted by Gasteiger charge is -2.20. The summed E-state index contributed by atoms with van der Waals surface area (Å²) in [5.41, 5.74) is 8.43. The van der Waals surface area contributed by atoms with Gasteiger partial charge in [-0.1, -0.05) is 18.2 Å². The smallest absolute Gasteiger partial charge is 0.242 e. The minimum atomic E-state index is -0.789. The van der Waals surface area contributed by atoms with E-state index in [0.29, 0.717) is 0 Å². The quantitative estimate of drug-likeness (QED) is 0.559. The first-order chi connectivity index (χ1) is 12.0. The first kappa shape index (κ1) is 17.2. The normalized spacial score (nSPS) is 19.6. The molecule has 25 heavy (non-hydrogen) atoms. The molecule has 1 amide bonds. The second kappa shape index (κ2) is 7.51. The molecule has 1 fully saturated rings. The molecule has 0 aromatic heterocycles. The van der Waals surface area contributed by atoms with Gasteiger partial charge in [-0.05, 0) is 18.2 Å². The van der Waals surface area contributed by atoms with Crippen molar-refractivity contribution in [1.82, 2.24) is 21.7 Å². The Morgan fingerprint density at radius 3 is 2.60 bits per heavy atom. The highest BCUT2D eigenvalue weighted by molar-refractivity contribution is 5.83. The van der Waals surface area contributed by atoms with Gasteiger partial charge in [0.1, 0.15) is 29.7 Å². The topological polar surface area (TPSA) is 77.2 Å². The van der Waals surface area contributed by atoms with E-state index in [1.54, 1.807) is 12.1 Å². The Bertz CT molecular complexity index is 773. The van der Waals surface area contributed by atoms with Crippen molar-refractivity contribution in [2.75, 3.05) is 5.32 Å². The van der Waals surface area contributed by atoms with Crippen LogP contribution in [-0.2, 0) is 11.3 Å². The first-order valence-electron chi connectivity index (χ1n) is 7.53. The van der Waals surface area contributed by atoms with Crippen LogP contribution in [0.4, 0.5) is 18.9 Å². The molecule has 2 aromatic carbocycles. The maximum atomic E-state index is 13.7. The van der Waals surface area contributed by atoms with E-state index < -0.39 is 35.6 Å². The summed E-state index contributed by atoms with van der Waals surface area (Å²) in [7, 11) is 0. The number of para-hydroxylation sites is 1. The van der Waals surface area contributed by atoms with Crippen LogP contribution in [0.25, 0.3) is 0 Å². The van der Waals surface area contributed by atoms with Crippen LogP contribution in [-0.4, -0.2) is 18.1 Å². The fourth-order valence-electron chi connectivity index (χ4n) is 2.40. The van der Waals surface area contributed by atoms with Crippen LogP contribution in [0.15, 0.2) is 42.5 Å². The molecule has 132 valence electrons. The molecule has 2 aromatic rings. The third-order valence-corrected chi connectivity index (χ3v) is 3.72. The standard InChI is InChI=1S/C16H16F3N5O/c17-10-6-5-9(12(19)7-10)8-20-16(25)14-15(23-24-22-14)21-13-4-2-1-3-11(13)18/h1-7,14-15,21-24H,8H2,(H,20,25). The maximum Gasteiger partial charge on any atom is 0.242 e. The van der Waals surface area contributed by atoms with E-state index in [1.807, 2.05) is 0 Å². The Hall–Kier alpha value is -2.62. The summed E-state index contributed by atoms with van der Waals surface area (Å²) in [5.74, 6) is -2.33. The van der Waals surface area contributed by atoms with Gasteiger partial charge in [0.2, 0.25) is 5.91 Å². The summed E-state index contributed by atoms with van der Waals surface area (Å²) in [5, 5.41) is 5.42. The number of nitrogens with one attached hydrogen (secondary N) is 5. The van der Waals surface area contributed by atoms with Gasteiger partial charge in [0, 0.05) is 18.2 Å². The minimum absolute atomic E-state index is 0.102. The number of carbonyl (C=O) groups excluding carboxylic acids is 1. The Morgan fingerprint density at radius 2 is 1.84 bits per heavy atom. The van der Waals surface area contributed by atoms with Gasteiger partial charge in [-0.3, -0.25) is 4.79 Å². The lowest BCUT2D eigenvalue weighted by molar-refractivity contribution is -0.123. The monoisotopic (exact) mass is 351 g/mol. The molecule has 2 unspecified atom stereocenters. The molecular weight excluding hydrogens is 335 g/mol. The second-order valence-electron chi connectivity index (χ2n) is 5.45. The highest BCUT2D eigenvalue weighted by Gasteiger charge is 2.33. The zero-order chi connectivity index (χ0) is 17.8. The highest BCUT2D eigenvalue weighted by atomic mass is 19.1. The molecule has 9 heteroatoms. The van der Waals surface area contributed by atoms with Crippen LogP contribution in [0, 0.1) is 17.5 Å². The Balaban J connectivity index is 1.61. The third kappa shape index (κ3) is 4.08. The summed E-state index contributed by atoms with van der Waals surface area (Å²) in [6, 6.07) is 8.39. The Kier molecular flexibility index (Phi) is 5.17. The van der Waals surface area contributed by atoms with Crippen molar-refractivity contribution in [3.05, 3.63) is 65.5 Å². The summed E-state index contributed by atoms with van der Waals surface area (Å²) in [6.07, 6.45) is -0.644. The molecule has 1 saturated heterocycles. The van der Waals surface area contributed by atoms with Gasteiger partial charge in [-0.15, -0.1) is 0 Å². The van der Waals surface area contributed by atoms with Gasteiger partial charge in [-0.2, -0.15) is 5.53 Å². The molecule has 1 aliphatic rings. The summed E-state index contributed by atoms with van der Waals surface area (Å²) in [4.78, 5) is 12.3. The van der Waals surface area contributed by atoms with Crippen molar-refractivity contribution >= 4 is 11.6 Å². The van der Waals surface area contributed by atoms with Crippen LogP contribution in [0.1, 0.15) is 5.56 Å². The fraction of sp³-hybridized carbons (Fsp3) is 0.188. The highest BCUT2D eigenvalue weighted by Crippen LogP contribution is 2.15. The van der Waals surface area contributed by atoms with Crippen molar-refractivity contribution < 1.29 is 18.0 Å². The van der Waals surface area contributed by atoms with Gasteiger partial charge in [0.15, 0.2) is 0 Å². The van der Waals surface area contributed by atoms with E-state index in [0.717, 1.165) is 12.1 Å². The van der Waals surface area contributed by atoms with Crippen LogP contribution in [0.2, 0.25) is 0 Å². The fourth-order valence-corrected chi connectivity index (χ4v) is 2.40. The molecule has 3 rings (SSSR count). The summed E-state index contributed by atoms with van der Waals surface area (Å²) < 4.78 is 40.2. The van der Waals surface area contributed by atoms with E-state index in [2.05, 4.69) is 27.0 Å². The van der Waals surface area contributed by atoms with E-state index in [4.69, 9.17) is 0 Å². The molecule has 0 aliphatic carbocycles. The molecule has 1 heterocycles. The van der Waals surface area contributed by atoms with Crippen LogP contribution in [0.5, 0.6) is 0 Å². The van der Waals surface area contributed by atoms with Crippen molar-refractivity contribution in [3.63, 3.8) is 0 Å². The number of carbonyl (C=O) groups is 1. The van der Waals surface area contributed by atoms with Crippen molar-refractivity contribution in [2.24, 2.45) is 0 Å². The third-order valence-electron chi connectivity index (χ3n) is 3.72. The first-order valence-corrected chi connectivity index (χ1v) is 7.53. The number of anilines is 1. The summed E-state index contributed by atoms with van der Waals surface area (Å²) in [6.45, 7) is -0.102. The van der Waals surface area contributed by atoms with E-state index in [-0.39, 0.29) is 17.8 Å². The number of hydrazine groups is 2. The van der Waals surface area contributed by atoms with Crippen molar-refractivity contribution in [3.8, 4) is 0 Å². The SMILES string of the molecule is O=C(NCc1ccc(F)cc1F)C1NNNC1Nc1ccccc1F. The Morgan fingerprint density at radius 1 is 1.04 bits per heavy atom. The van der Waals surface area contributed by atoms with Crippen molar-refractivity contribution in [1.29, 1.82) is 0 Å². The van der Waals surface area contributed by atoms with Crippen molar-refractivity contribution in [2.45, 2.75) is 18.8 Å². The molecule has 6 nitrogen and oxygen atoms in total. The number of hydrogen-bond acceptors (Lipinski definition) is 5. The van der Waals surface area contributed by atoms with Gasteiger partial charge in [0.05, 0.1) is 5.69 Å². The number of amides is 1. The molecule has 0 spiro atoms. The minimum Gasteiger partial charge on any atom is -0.365 e. The predicted molar refractivity (Wildman–Crippen MR) is 85.2 cm³/mol. The molecule has 0 bridgehead atoms. The van der Waals surface area contributed by atoms with Gasteiger partial charge in [0.25, 0.3) is 0 Å². The average Bonchev–Trinajstić information content (AvgIpc) is 3.04. The number of benzene rings is 2.